The van der Waals surface area contributed by atoms with Crippen molar-refractivity contribution >= 4 is 29.5 Å². The molecule has 0 fully saturated rings. The SMILES string of the molecule is C=C(Cl)C1=C(C)N=C2c3cc(OCCOC)c(OCCOC)cc3N=CN2C1. The van der Waals surface area contributed by atoms with E-state index in [-0.39, 0.29) is 0 Å². The highest BCUT2D eigenvalue weighted by molar-refractivity contribution is 6.32. The molecule has 1 aromatic carbocycles. The van der Waals surface area contributed by atoms with Gasteiger partial charge in [-0.2, -0.15) is 0 Å². The number of allylic oxidation sites excluding steroid dienone is 1. The van der Waals surface area contributed by atoms with Gasteiger partial charge in [-0.05, 0) is 13.0 Å². The molecule has 0 atom stereocenters. The van der Waals surface area contributed by atoms with Crippen molar-refractivity contribution in [2.45, 2.75) is 6.92 Å². The van der Waals surface area contributed by atoms with Crippen LogP contribution in [-0.4, -0.2) is 64.3 Å². The summed E-state index contributed by atoms with van der Waals surface area (Å²) in [4.78, 5) is 11.2. The van der Waals surface area contributed by atoms with Gasteiger partial charge in [-0.25, -0.2) is 9.98 Å². The Morgan fingerprint density at radius 3 is 2.36 bits per heavy atom. The van der Waals surface area contributed by atoms with E-state index in [0.717, 1.165) is 28.4 Å². The Labute approximate surface area is 169 Å². The molecule has 3 rings (SSSR count). The van der Waals surface area contributed by atoms with E-state index in [0.29, 0.717) is 49.5 Å². The minimum Gasteiger partial charge on any atom is -0.487 e. The van der Waals surface area contributed by atoms with Crippen LogP contribution in [-0.2, 0) is 9.47 Å². The Morgan fingerprint density at radius 1 is 1.11 bits per heavy atom. The topological polar surface area (TPSA) is 64.9 Å². The van der Waals surface area contributed by atoms with Crippen LogP contribution in [0.25, 0.3) is 0 Å². The number of nitrogens with zero attached hydrogens (tertiary/aromatic N) is 3. The minimum absolute atomic E-state index is 0.407. The molecule has 1 aromatic rings. The average Bonchev–Trinajstić information content (AvgIpc) is 2.68. The molecule has 28 heavy (non-hydrogen) atoms. The predicted octanol–water partition coefficient (Wildman–Crippen LogP) is 3.50. The van der Waals surface area contributed by atoms with E-state index in [9.17, 15) is 0 Å². The van der Waals surface area contributed by atoms with Crippen LogP contribution in [0.5, 0.6) is 11.5 Å². The number of methoxy groups -OCH3 is 2. The third-order valence-corrected chi connectivity index (χ3v) is 4.60. The van der Waals surface area contributed by atoms with Gasteiger partial charge in [0.1, 0.15) is 19.0 Å². The number of rotatable bonds is 9. The van der Waals surface area contributed by atoms with Gasteiger partial charge in [0, 0.05) is 42.2 Å². The number of benzene rings is 1. The predicted molar refractivity (Wildman–Crippen MR) is 110 cm³/mol. The summed E-state index contributed by atoms with van der Waals surface area (Å²) in [5, 5.41) is 0.491. The first-order valence-electron chi connectivity index (χ1n) is 8.91. The van der Waals surface area contributed by atoms with Gasteiger partial charge in [0.25, 0.3) is 0 Å². The number of fused-ring (bicyclic) bond motifs is 3. The van der Waals surface area contributed by atoms with Gasteiger partial charge in [0.2, 0.25) is 0 Å². The Hall–Kier alpha value is -2.35. The molecule has 0 aliphatic carbocycles. The quantitative estimate of drug-likeness (QED) is 0.588. The van der Waals surface area contributed by atoms with Gasteiger partial charge >= 0.3 is 0 Å². The Morgan fingerprint density at radius 2 is 1.75 bits per heavy atom. The van der Waals surface area contributed by atoms with E-state index < -0.39 is 0 Å². The maximum absolute atomic E-state index is 6.11. The first-order valence-corrected chi connectivity index (χ1v) is 9.29. The van der Waals surface area contributed by atoms with E-state index in [4.69, 9.17) is 35.5 Å². The fraction of sp³-hybridized carbons (Fsp3) is 0.400. The largest absolute Gasteiger partial charge is 0.487 e. The first kappa shape index (κ1) is 20.4. The molecule has 0 amide bonds. The van der Waals surface area contributed by atoms with Crippen LogP contribution >= 0.6 is 11.6 Å². The zero-order valence-corrected chi connectivity index (χ0v) is 17.1. The molecule has 0 N–H and O–H groups in total. The van der Waals surface area contributed by atoms with Crippen molar-refractivity contribution in [2.75, 3.05) is 47.2 Å². The van der Waals surface area contributed by atoms with Gasteiger partial charge in [-0.3, -0.25) is 0 Å². The van der Waals surface area contributed by atoms with Crippen LogP contribution in [0.3, 0.4) is 0 Å². The van der Waals surface area contributed by atoms with Crippen molar-refractivity contribution in [3.8, 4) is 11.5 Å². The van der Waals surface area contributed by atoms with Crippen molar-refractivity contribution in [2.24, 2.45) is 9.98 Å². The summed E-state index contributed by atoms with van der Waals surface area (Å²) in [7, 11) is 3.26. The monoisotopic (exact) mass is 405 g/mol. The van der Waals surface area contributed by atoms with Crippen LogP contribution in [0.15, 0.2) is 45.0 Å². The first-order chi connectivity index (χ1) is 13.5. The maximum Gasteiger partial charge on any atom is 0.163 e. The third kappa shape index (κ3) is 4.38. The minimum atomic E-state index is 0.407. The molecule has 0 radical (unpaired) electrons. The molecule has 8 heteroatoms. The van der Waals surface area contributed by atoms with Gasteiger partial charge in [-0.15, -0.1) is 0 Å². The Kier molecular flexibility index (Phi) is 6.72. The summed E-state index contributed by atoms with van der Waals surface area (Å²) in [6.07, 6.45) is 1.75. The van der Waals surface area contributed by atoms with Crippen molar-refractivity contribution < 1.29 is 18.9 Å². The van der Waals surface area contributed by atoms with Crippen LogP contribution < -0.4 is 9.47 Å². The van der Waals surface area contributed by atoms with Crippen molar-refractivity contribution in [1.82, 2.24) is 4.90 Å². The lowest BCUT2D eigenvalue weighted by atomic mass is 10.1. The molecule has 0 unspecified atom stereocenters. The van der Waals surface area contributed by atoms with E-state index in [2.05, 4.69) is 11.6 Å². The summed E-state index contributed by atoms with van der Waals surface area (Å²) >= 11 is 6.11. The number of aliphatic imine (C=N–C) groups is 2. The lowest BCUT2D eigenvalue weighted by Crippen LogP contribution is -2.37. The van der Waals surface area contributed by atoms with E-state index in [1.807, 2.05) is 24.0 Å². The smallest absolute Gasteiger partial charge is 0.163 e. The fourth-order valence-electron chi connectivity index (χ4n) is 2.91. The number of hydrogen-bond donors (Lipinski definition) is 0. The molecule has 0 bridgehead atoms. The van der Waals surface area contributed by atoms with E-state index in [1.165, 1.54) is 0 Å². The van der Waals surface area contributed by atoms with Gasteiger partial charge in [0.05, 0.1) is 31.8 Å². The molecule has 7 nitrogen and oxygen atoms in total. The molecule has 0 spiro atoms. The molecule has 2 aliphatic rings. The second-order valence-electron chi connectivity index (χ2n) is 6.28. The van der Waals surface area contributed by atoms with Crippen LogP contribution in [0.4, 0.5) is 5.69 Å². The summed E-state index contributed by atoms with van der Waals surface area (Å²) < 4.78 is 21.8. The molecule has 2 heterocycles. The van der Waals surface area contributed by atoms with Crippen LogP contribution in [0.1, 0.15) is 12.5 Å². The van der Waals surface area contributed by atoms with Crippen molar-refractivity contribution in [1.29, 1.82) is 0 Å². The molecule has 0 saturated heterocycles. The number of ether oxygens (including phenoxy) is 4. The zero-order chi connectivity index (χ0) is 20.1. The standard InChI is InChI=1S/C20H24ClN3O4/c1-13(21)16-11-24-12-22-17-10-19(28-8-6-26-4)18(27-7-5-25-3)9-15(17)20(24)23-14(16)2/h9-10,12H,1,5-8,11H2,2-4H3. The van der Waals surface area contributed by atoms with E-state index in [1.54, 1.807) is 20.6 Å². The number of hydrogen-bond acceptors (Lipinski definition) is 7. The Bertz CT molecular complexity index is 848. The zero-order valence-electron chi connectivity index (χ0n) is 16.3. The second kappa shape index (κ2) is 9.23. The van der Waals surface area contributed by atoms with Gasteiger partial charge in [-0.1, -0.05) is 18.2 Å². The van der Waals surface area contributed by atoms with Gasteiger partial charge in [0.15, 0.2) is 11.5 Å². The lowest BCUT2D eigenvalue weighted by Gasteiger charge is -2.31. The van der Waals surface area contributed by atoms with E-state index >= 15 is 0 Å². The molecule has 0 aromatic heterocycles. The van der Waals surface area contributed by atoms with Crippen LogP contribution in [0.2, 0.25) is 0 Å². The van der Waals surface area contributed by atoms with Crippen LogP contribution in [0, 0.1) is 0 Å². The lowest BCUT2D eigenvalue weighted by molar-refractivity contribution is 0.132. The molecule has 150 valence electrons. The molecule has 2 aliphatic heterocycles. The summed E-state index contributed by atoms with van der Waals surface area (Å²) in [5.41, 5.74) is 3.38. The van der Waals surface area contributed by atoms with Gasteiger partial charge < -0.3 is 23.8 Å². The fourth-order valence-corrected chi connectivity index (χ4v) is 3.10. The number of halogens is 1. The van der Waals surface area contributed by atoms with Crippen molar-refractivity contribution in [3.05, 3.63) is 40.6 Å². The summed E-state index contributed by atoms with van der Waals surface area (Å²) in [5.74, 6) is 2.01. The number of amidine groups is 1. The van der Waals surface area contributed by atoms with Crippen molar-refractivity contribution in [3.63, 3.8) is 0 Å². The Balaban J connectivity index is 1.98. The molecular formula is C20H24ClN3O4. The summed E-state index contributed by atoms with van der Waals surface area (Å²) in [6.45, 7) is 8.10. The average molecular weight is 406 g/mol. The highest BCUT2D eigenvalue weighted by Gasteiger charge is 2.27. The molecular weight excluding hydrogens is 382 g/mol. The second-order valence-corrected chi connectivity index (χ2v) is 6.73. The maximum atomic E-state index is 6.11. The highest BCUT2D eigenvalue weighted by atomic mass is 35.5. The summed E-state index contributed by atoms with van der Waals surface area (Å²) in [6, 6.07) is 3.77. The third-order valence-electron chi connectivity index (χ3n) is 4.37. The molecule has 0 saturated carbocycles. The highest BCUT2D eigenvalue weighted by Crippen LogP contribution is 2.39. The normalized spacial score (nSPS) is 15.1.